The van der Waals surface area contributed by atoms with Crippen LogP contribution in [0.25, 0.3) is 22.3 Å². The average Bonchev–Trinajstić information content (AvgIpc) is 3.15. The Morgan fingerprint density at radius 3 is 2.80 bits per heavy atom. The van der Waals surface area contributed by atoms with Crippen LogP contribution in [0.3, 0.4) is 0 Å². The molecule has 0 atom stereocenters. The lowest BCUT2D eigenvalue weighted by Crippen LogP contribution is -2.12. The van der Waals surface area contributed by atoms with Crippen LogP contribution >= 0.6 is 0 Å². The molecule has 5 rings (SSSR count). The average molecular weight is 325 g/mol. The third kappa shape index (κ3) is 2.37. The Labute approximate surface area is 144 Å². The summed E-state index contributed by atoms with van der Waals surface area (Å²) in [6.07, 6.45) is 7.69. The molecule has 0 fully saturated rings. The van der Waals surface area contributed by atoms with E-state index in [4.69, 9.17) is 5.10 Å². The van der Waals surface area contributed by atoms with Gasteiger partial charge in [0.1, 0.15) is 5.82 Å². The lowest BCUT2D eigenvalue weighted by molar-refractivity contribution is 0.920. The number of pyridine rings is 1. The highest BCUT2D eigenvalue weighted by Crippen LogP contribution is 2.33. The highest BCUT2D eigenvalue weighted by atomic mass is 15.2. The van der Waals surface area contributed by atoms with Gasteiger partial charge in [0.15, 0.2) is 5.65 Å². The normalized spacial score (nSPS) is 13.2. The number of hydrogen-bond donors (Lipinski definition) is 1. The van der Waals surface area contributed by atoms with E-state index in [0.717, 1.165) is 46.0 Å². The molecule has 0 saturated carbocycles. The Morgan fingerprint density at radius 2 is 1.88 bits per heavy atom. The molecule has 5 nitrogen and oxygen atoms in total. The van der Waals surface area contributed by atoms with Gasteiger partial charge >= 0.3 is 0 Å². The van der Waals surface area contributed by atoms with E-state index in [1.54, 1.807) is 10.7 Å². The summed E-state index contributed by atoms with van der Waals surface area (Å²) in [4.78, 5) is 8.88. The number of aromatic nitrogens is 4. The van der Waals surface area contributed by atoms with Gasteiger partial charge in [-0.05, 0) is 23.8 Å². The van der Waals surface area contributed by atoms with Crippen molar-refractivity contribution in [1.82, 2.24) is 19.6 Å². The zero-order chi connectivity index (χ0) is 16.6. The topological polar surface area (TPSA) is 55.1 Å². The molecule has 1 aliphatic heterocycles. The Bertz CT molecular complexity index is 1100. The van der Waals surface area contributed by atoms with E-state index in [1.807, 2.05) is 42.7 Å². The van der Waals surface area contributed by atoms with Crippen LogP contribution in [0.1, 0.15) is 11.3 Å². The van der Waals surface area contributed by atoms with Gasteiger partial charge in [0.05, 0.1) is 5.69 Å². The largest absolute Gasteiger partial charge is 0.366 e. The van der Waals surface area contributed by atoms with E-state index in [9.17, 15) is 0 Å². The maximum Gasteiger partial charge on any atom is 0.153 e. The highest BCUT2D eigenvalue weighted by molar-refractivity contribution is 5.87. The second-order valence-corrected chi connectivity index (χ2v) is 5.93. The van der Waals surface area contributed by atoms with Gasteiger partial charge in [0.25, 0.3) is 0 Å². The molecule has 0 unspecified atom stereocenters. The monoisotopic (exact) mass is 325 g/mol. The second-order valence-electron chi connectivity index (χ2n) is 5.93. The maximum atomic E-state index is 4.69. The van der Waals surface area contributed by atoms with E-state index in [1.165, 1.54) is 0 Å². The minimum Gasteiger partial charge on any atom is -0.366 e. The first-order valence-electron chi connectivity index (χ1n) is 8.19. The number of nitrogens with zero attached hydrogens (tertiary/aromatic N) is 4. The summed E-state index contributed by atoms with van der Waals surface area (Å²) >= 11 is 0. The minimum absolute atomic E-state index is 0.740. The molecule has 0 bridgehead atoms. The van der Waals surface area contributed by atoms with Crippen LogP contribution in [0.5, 0.6) is 0 Å². The summed E-state index contributed by atoms with van der Waals surface area (Å²) in [7, 11) is 0. The smallest absolute Gasteiger partial charge is 0.153 e. The molecule has 0 aliphatic carbocycles. The molecule has 1 aliphatic rings. The number of rotatable bonds is 2. The maximum absolute atomic E-state index is 4.69. The van der Waals surface area contributed by atoms with Gasteiger partial charge in [-0.25, -0.2) is 14.5 Å². The third-order valence-corrected chi connectivity index (χ3v) is 4.39. The fourth-order valence-electron chi connectivity index (χ4n) is 3.16. The molecule has 0 radical (unpaired) electrons. The van der Waals surface area contributed by atoms with Gasteiger partial charge in [-0.3, -0.25) is 0 Å². The predicted octanol–water partition coefficient (Wildman–Crippen LogP) is 3.65. The minimum atomic E-state index is 0.740. The third-order valence-electron chi connectivity index (χ3n) is 4.39. The molecule has 4 aromatic rings. The van der Waals surface area contributed by atoms with Gasteiger partial charge in [-0.1, -0.05) is 36.4 Å². The second kappa shape index (κ2) is 5.56. The number of imidazole rings is 1. The molecule has 120 valence electrons. The first kappa shape index (κ1) is 13.9. The first-order chi connectivity index (χ1) is 12.4. The SMILES string of the molecule is C1=C(c2ccc3nccn3n2)c2cc(-c3ccccc3)cnc2NC1. The van der Waals surface area contributed by atoms with Crippen LogP contribution < -0.4 is 5.32 Å². The van der Waals surface area contributed by atoms with Gasteiger partial charge in [-0.2, -0.15) is 5.10 Å². The van der Waals surface area contributed by atoms with Crippen molar-refractivity contribution in [1.29, 1.82) is 0 Å². The van der Waals surface area contributed by atoms with Crippen molar-refractivity contribution in [3.8, 4) is 11.1 Å². The zero-order valence-electron chi connectivity index (χ0n) is 13.4. The molecule has 1 N–H and O–H groups in total. The van der Waals surface area contributed by atoms with E-state index in [2.05, 4.69) is 39.6 Å². The van der Waals surface area contributed by atoms with Crippen LogP contribution in [-0.4, -0.2) is 26.1 Å². The quantitative estimate of drug-likeness (QED) is 0.611. The Balaban J connectivity index is 1.64. The van der Waals surface area contributed by atoms with Crippen LogP contribution in [0.15, 0.2) is 73.2 Å². The molecule has 25 heavy (non-hydrogen) atoms. The molecule has 0 saturated heterocycles. The Morgan fingerprint density at radius 1 is 0.960 bits per heavy atom. The number of nitrogens with one attached hydrogen (secondary N) is 1. The van der Waals surface area contributed by atoms with E-state index >= 15 is 0 Å². The van der Waals surface area contributed by atoms with E-state index in [0.29, 0.717) is 0 Å². The molecule has 5 heteroatoms. The molecule has 3 aromatic heterocycles. The van der Waals surface area contributed by atoms with Gasteiger partial charge < -0.3 is 5.32 Å². The highest BCUT2D eigenvalue weighted by Gasteiger charge is 2.17. The number of fused-ring (bicyclic) bond motifs is 2. The predicted molar refractivity (Wildman–Crippen MR) is 98.2 cm³/mol. The molecule has 4 heterocycles. The number of hydrogen-bond acceptors (Lipinski definition) is 4. The van der Waals surface area contributed by atoms with Crippen molar-refractivity contribution >= 4 is 17.0 Å². The van der Waals surface area contributed by atoms with Gasteiger partial charge in [-0.15, -0.1) is 0 Å². The molecule has 1 aromatic carbocycles. The van der Waals surface area contributed by atoms with Crippen molar-refractivity contribution < 1.29 is 0 Å². The Hall–Kier alpha value is -3.47. The summed E-state index contributed by atoms with van der Waals surface area (Å²) < 4.78 is 1.80. The summed E-state index contributed by atoms with van der Waals surface area (Å²) in [6.45, 7) is 0.740. The summed E-state index contributed by atoms with van der Waals surface area (Å²) in [6, 6.07) is 16.5. The van der Waals surface area contributed by atoms with Gasteiger partial charge in [0.2, 0.25) is 0 Å². The van der Waals surface area contributed by atoms with Crippen LogP contribution in [0.2, 0.25) is 0 Å². The first-order valence-corrected chi connectivity index (χ1v) is 8.19. The standard InChI is InChI=1S/C20H15N5/c1-2-4-14(5-3-1)15-12-17-16(8-9-22-20(17)23-13-15)18-6-7-19-21-10-11-25(19)24-18/h1-8,10-13H,9H2,(H,22,23). The molecule has 0 amide bonds. The lowest BCUT2D eigenvalue weighted by atomic mass is 9.97. The van der Waals surface area contributed by atoms with E-state index < -0.39 is 0 Å². The lowest BCUT2D eigenvalue weighted by Gasteiger charge is -2.19. The van der Waals surface area contributed by atoms with Crippen LogP contribution in [-0.2, 0) is 0 Å². The summed E-state index contributed by atoms with van der Waals surface area (Å²) in [5.41, 5.74) is 6.17. The number of benzene rings is 1. The van der Waals surface area contributed by atoms with Gasteiger partial charge in [0, 0.05) is 41.8 Å². The number of anilines is 1. The molecular formula is C20H15N5. The van der Waals surface area contributed by atoms with Crippen molar-refractivity contribution in [2.75, 3.05) is 11.9 Å². The van der Waals surface area contributed by atoms with Crippen molar-refractivity contribution in [3.05, 3.63) is 84.5 Å². The van der Waals surface area contributed by atoms with Crippen molar-refractivity contribution in [3.63, 3.8) is 0 Å². The summed E-state index contributed by atoms with van der Waals surface area (Å²) in [5, 5.41) is 8.03. The van der Waals surface area contributed by atoms with Crippen molar-refractivity contribution in [2.45, 2.75) is 0 Å². The van der Waals surface area contributed by atoms with Crippen LogP contribution in [0.4, 0.5) is 5.82 Å². The molecular weight excluding hydrogens is 310 g/mol. The summed E-state index contributed by atoms with van der Waals surface area (Å²) in [5.74, 6) is 0.893. The fraction of sp³-hybridized carbons (Fsp3) is 0.0500. The fourth-order valence-corrected chi connectivity index (χ4v) is 3.16. The Kier molecular flexibility index (Phi) is 3.10. The van der Waals surface area contributed by atoms with Crippen LogP contribution in [0, 0.1) is 0 Å². The van der Waals surface area contributed by atoms with Crippen molar-refractivity contribution in [2.24, 2.45) is 0 Å². The zero-order valence-corrected chi connectivity index (χ0v) is 13.4. The molecule has 0 spiro atoms. The van der Waals surface area contributed by atoms with E-state index in [-0.39, 0.29) is 0 Å².